The molecule has 4 N–H and O–H groups in total. The minimum atomic E-state index is -0.577. The lowest BCUT2D eigenvalue weighted by Crippen LogP contribution is -2.30. The van der Waals surface area contributed by atoms with Crippen LogP contribution >= 0.6 is 23.1 Å². The van der Waals surface area contributed by atoms with Gasteiger partial charge in [-0.25, -0.2) is 4.98 Å². The van der Waals surface area contributed by atoms with Crippen LogP contribution in [-0.4, -0.2) is 40.2 Å². The molecule has 0 saturated carbocycles. The maximum Gasteiger partial charge on any atom is 0.272 e. The molecule has 0 aliphatic rings. The number of thioether (sulfide) groups is 1. The van der Waals surface area contributed by atoms with Gasteiger partial charge in [0.1, 0.15) is 17.2 Å². The number of phenolic OH excluding ortho intramolecular Hbond substituents is 1. The molecule has 11 heteroatoms. The van der Waals surface area contributed by atoms with Crippen molar-refractivity contribution < 1.29 is 24.2 Å². The Balaban J connectivity index is 1.15. The predicted octanol–water partition coefficient (Wildman–Crippen LogP) is 8.60. The van der Waals surface area contributed by atoms with Gasteiger partial charge in [0.05, 0.1) is 18.1 Å². The third-order valence-electron chi connectivity index (χ3n) is 7.86. The first kappa shape index (κ1) is 34.9. The molecule has 0 aliphatic carbocycles. The minimum absolute atomic E-state index is 0.00545. The molecule has 1 unspecified atom stereocenters. The van der Waals surface area contributed by atoms with Crippen LogP contribution in [0.4, 0.5) is 10.8 Å². The van der Waals surface area contributed by atoms with Crippen molar-refractivity contribution in [2.45, 2.75) is 23.5 Å². The van der Waals surface area contributed by atoms with E-state index in [4.69, 9.17) is 4.74 Å². The molecule has 0 fully saturated rings. The molecule has 0 spiro atoms. The molecule has 0 aliphatic heterocycles. The van der Waals surface area contributed by atoms with Gasteiger partial charge in [0.25, 0.3) is 11.8 Å². The highest BCUT2D eigenvalue weighted by atomic mass is 32.2. The lowest BCUT2D eigenvalue weighted by atomic mass is 10.1. The summed E-state index contributed by atoms with van der Waals surface area (Å²) in [5.41, 5.74) is 3.05. The number of hydrogen-bond donors (Lipinski definition) is 4. The topological polar surface area (TPSA) is 130 Å². The van der Waals surface area contributed by atoms with E-state index in [1.165, 1.54) is 48.4 Å². The molecule has 51 heavy (non-hydrogen) atoms. The summed E-state index contributed by atoms with van der Waals surface area (Å²) in [7, 11) is 1.45. The van der Waals surface area contributed by atoms with E-state index in [-0.39, 0.29) is 17.4 Å². The second kappa shape index (κ2) is 16.2. The molecule has 1 aromatic heterocycles. The van der Waals surface area contributed by atoms with Gasteiger partial charge in [-0.05, 0) is 71.8 Å². The molecule has 256 valence electrons. The SMILES string of the molecule is CCC(Sc1cccc(NC(=O)/C(=C\c2ccc(O)cc2OC)NC(=O)c2ccccc2)c1)C(=O)Nc1nc(-c2ccc3ccccc3c2)cs1. The number of methoxy groups -OCH3 is 1. The molecule has 1 heterocycles. The van der Waals surface area contributed by atoms with Crippen LogP contribution in [0.15, 0.2) is 131 Å². The third-order valence-corrected chi connectivity index (χ3v) is 9.97. The van der Waals surface area contributed by atoms with Crippen LogP contribution in [0.2, 0.25) is 0 Å². The first-order chi connectivity index (χ1) is 24.8. The number of thiazole rings is 1. The second-order valence-corrected chi connectivity index (χ2v) is 13.5. The lowest BCUT2D eigenvalue weighted by molar-refractivity contribution is -0.116. The summed E-state index contributed by atoms with van der Waals surface area (Å²) in [4.78, 5) is 45.6. The van der Waals surface area contributed by atoms with Crippen molar-refractivity contribution in [3.05, 3.63) is 137 Å². The number of amides is 3. The molecule has 9 nitrogen and oxygen atoms in total. The van der Waals surface area contributed by atoms with E-state index in [1.54, 1.807) is 54.6 Å². The largest absolute Gasteiger partial charge is 0.508 e. The first-order valence-electron chi connectivity index (χ1n) is 16.1. The van der Waals surface area contributed by atoms with Crippen molar-refractivity contribution in [1.29, 1.82) is 0 Å². The van der Waals surface area contributed by atoms with Crippen LogP contribution in [0, 0.1) is 0 Å². The Bertz CT molecular complexity index is 2240. The molecule has 5 aromatic carbocycles. The van der Waals surface area contributed by atoms with E-state index in [0.717, 1.165) is 26.9 Å². The number of carbonyl (C=O) groups excluding carboxylic acids is 3. The van der Waals surface area contributed by atoms with Crippen molar-refractivity contribution in [3.8, 4) is 22.8 Å². The van der Waals surface area contributed by atoms with Crippen molar-refractivity contribution in [2.75, 3.05) is 17.7 Å². The summed E-state index contributed by atoms with van der Waals surface area (Å²) in [6.07, 6.45) is 2.04. The highest BCUT2D eigenvalue weighted by Crippen LogP contribution is 2.32. The van der Waals surface area contributed by atoms with Crippen LogP contribution in [0.3, 0.4) is 0 Å². The van der Waals surface area contributed by atoms with Gasteiger partial charge in [0.2, 0.25) is 5.91 Å². The van der Waals surface area contributed by atoms with Crippen LogP contribution < -0.4 is 20.7 Å². The first-order valence-corrected chi connectivity index (χ1v) is 17.8. The average Bonchev–Trinajstić information content (AvgIpc) is 3.62. The second-order valence-electron chi connectivity index (χ2n) is 11.4. The number of fused-ring (bicyclic) bond motifs is 1. The summed E-state index contributed by atoms with van der Waals surface area (Å²) >= 11 is 2.75. The van der Waals surface area contributed by atoms with Gasteiger partial charge in [0.15, 0.2) is 5.13 Å². The molecule has 0 bridgehead atoms. The Kier molecular flexibility index (Phi) is 11.1. The average molecular weight is 715 g/mol. The van der Waals surface area contributed by atoms with Gasteiger partial charge in [0, 0.05) is 38.7 Å². The van der Waals surface area contributed by atoms with Gasteiger partial charge < -0.3 is 25.8 Å². The van der Waals surface area contributed by atoms with E-state index in [2.05, 4.69) is 45.2 Å². The van der Waals surface area contributed by atoms with E-state index < -0.39 is 17.1 Å². The maximum atomic E-state index is 13.7. The Labute approximate surface area is 303 Å². The summed E-state index contributed by atoms with van der Waals surface area (Å²) in [5, 5.41) is 22.8. The molecule has 6 aromatic rings. The smallest absolute Gasteiger partial charge is 0.272 e. The molecule has 0 saturated heterocycles. The van der Waals surface area contributed by atoms with Gasteiger partial charge in [-0.1, -0.05) is 67.6 Å². The molecular formula is C40H34N4O5S2. The van der Waals surface area contributed by atoms with Gasteiger partial charge in [-0.15, -0.1) is 23.1 Å². The number of hydrogen-bond acceptors (Lipinski definition) is 8. The van der Waals surface area contributed by atoms with Gasteiger partial charge in [-0.2, -0.15) is 0 Å². The van der Waals surface area contributed by atoms with Gasteiger partial charge >= 0.3 is 0 Å². The van der Waals surface area contributed by atoms with Crippen molar-refractivity contribution in [2.24, 2.45) is 0 Å². The van der Waals surface area contributed by atoms with Gasteiger partial charge in [-0.3, -0.25) is 14.4 Å². The summed E-state index contributed by atoms with van der Waals surface area (Å²) in [5.74, 6) is -0.908. The number of phenols is 1. The van der Waals surface area contributed by atoms with Crippen molar-refractivity contribution in [3.63, 3.8) is 0 Å². The monoisotopic (exact) mass is 714 g/mol. The number of rotatable bonds is 12. The van der Waals surface area contributed by atoms with Crippen LogP contribution in [0.1, 0.15) is 29.3 Å². The molecule has 0 radical (unpaired) electrons. The zero-order valence-corrected chi connectivity index (χ0v) is 29.4. The fourth-order valence-corrected chi connectivity index (χ4v) is 6.98. The number of nitrogens with one attached hydrogen (secondary N) is 3. The molecule has 3 amide bonds. The minimum Gasteiger partial charge on any atom is -0.508 e. The zero-order valence-electron chi connectivity index (χ0n) is 27.8. The molecular weight excluding hydrogens is 681 g/mol. The fraction of sp³-hybridized carbons (Fsp3) is 0.100. The highest BCUT2D eigenvalue weighted by molar-refractivity contribution is 8.00. The van der Waals surface area contributed by atoms with Crippen molar-refractivity contribution in [1.82, 2.24) is 10.3 Å². The third kappa shape index (κ3) is 8.82. The van der Waals surface area contributed by atoms with E-state index in [0.29, 0.717) is 34.1 Å². The summed E-state index contributed by atoms with van der Waals surface area (Å²) in [6, 6.07) is 34.5. The number of aromatic nitrogens is 1. The lowest BCUT2D eigenvalue weighted by Gasteiger charge is -2.15. The Morgan fingerprint density at radius 2 is 1.67 bits per heavy atom. The normalized spacial score (nSPS) is 11.8. The van der Waals surface area contributed by atoms with Crippen molar-refractivity contribution >= 4 is 68.5 Å². The number of aromatic hydroxyl groups is 1. The molecule has 1 atom stereocenters. The quantitative estimate of drug-likeness (QED) is 0.0738. The van der Waals surface area contributed by atoms with E-state index >= 15 is 0 Å². The maximum absolute atomic E-state index is 13.7. The summed E-state index contributed by atoms with van der Waals surface area (Å²) < 4.78 is 5.38. The van der Waals surface area contributed by atoms with E-state index in [9.17, 15) is 19.5 Å². The number of nitrogens with zero attached hydrogens (tertiary/aromatic N) is 1. The van der Waals surface area contributed by atoms with Crippen LogP contribution in [0.5, 0.6) is 11.5 Å². The Morgan fingerprint density at radius 1 is 0.882 bits per heavy atom. The number of carbonyl (C=O) groups is 3. The number of benzene rings is 5. The predicted molar refractivity (Wildman–Crippen MR) is 205 cm³/mol. The summed E-state index contributed by atoms with van der Waals surface area (Å²) in [6.45, 7) is 1.94. The Hall–Kier alpha value is -5.91. The van der Waals surface area contributed by atoms with Crippen LogP contribution in [-0.2, 0) is 9.59 Å². The standard InChI is InChI=1S/C40H34N4O5S2/c1-3-36(39(48)44-40-43-34(24-50-40)28-17-16-25-10-7-8-13-27(25)20-28)51-32-15-9-14-30(22-32)41-38(47)33(42-37(46)26-11-5-4-6-12-26)21-29-18-19-31(45)23-35(29)49-2/h4-24,36,45H,3H2,1-2H3,(H,41,47)(H,42,46)(H,43,44,48)/b33-21+. The van der Waals surface area contributed by atoms with Crippen LogP contribution in [0.25, 0.3) is 28.1 Å². The van der Waals surface area contributed by atoms with E-state index in [1.807, 2.05) is 36.6 Å². The highest BCUT2D eigenvalue weighted by Gasteiger charge is 2.21. The molecule has 6 rings (SSSR count). The number of ether oxygens (including phenoxy) is 1. The zero-order chi connectivity index (χ0) is 35.7. The Morgan fingerprint density at radius 3 is 2.45 bits per heavy atom. The number of anilines is 2. The fourth-order valence-electron chi connectivity index (χ4n) is 5.25.